The summed E-state index contributed by atoms with van der Waals surface area (Å²) in [5, 5.41) is 9.95. The number of hydrogen-bond acceptors (Lipinski definition) is 2. The van der Waals surface area contributed by atoms with Gasteiger partial charge >= 0.3 is 5.97 Å². The largest absolute Gasteiger partial charge is 0.481 e. The van der Waals surface area contributed by atoms with E-state index in [9.17, 15) is 14.7 Å². The molecule has 1 aromatic rings. The topological polar surface area (TPSA) is 57.6 Å². The molecule has 2 atom stereocenters. The fourth-order valence-electron chi connectivity index (χ4n) is 2.92. The number of benzene rings is 1. The lowest BCUT2D eigenvalue weighted by molar-refractivity contribution is -0.142. The van der Waals surface area contributed by atoms with E-state index in [4.69, 9.17) is 19.4 Å². The third-order valence-electron chi connectivity index (χ3n) is 4.16. The average Bonchev–Trinajstić information content (AvgIpc) is 2.92. The highest BCUT2D eigenvalue weighted by Gasteiger charge is 2.38. The minimum Gasteiger partial charge on any atom is -0.481 e. The van der Waals surface area contributed by atoms with Crippen LogP contribution in [0, 0.1) is 11.8 Å². The molecule has 22 heavy (non-hydrogen) atoms. The Balaban J connectivity index is 1.98. The van der Waals surface area contributed by atoms with Crippen LogP contribution in [0.1, 0.15) is 18.4 Å². The highest BCUT2D eigenvalue weighted by molar-refractivity contribution is 6.30. The van der Waals surface area contributed by atoms with Crippen molar-refractivity contribution in [3.8, 4) is 0 Å². The van der Waals surface area contributed by atoms with Gasteiger partial charge in [-0.1, -0.05) is 36.5 Å². The van der Waals surface area contributed by atoms with Crippen molar-refractivity contribution in [3.63, 3.8) is 0 Å². The Morgan fingerprint density at radius 1 is 1.27 bits per heavy atom. The molecule has 0 spiro atoms. The van der Waals surface area contributed by atoms with Crippen LogP contribution in [0.4, 0.5) is 0 Å². The van der Waals surface area contributed by atoms with Crippen molar-refractivity contribution in [2.45, 2.75) is 25.6 Å². The second-order valence-corrected chi connectivity index (χ2v) is 6.17. The van der Waals surface area contributed by atoms with E-state index in [1.807, 2.05) is 12.1 Å². The fourth-order valence-corrected chi connectivity index (χ4v) is 3.04. The molecule has 6 heteroatoms. The second kappa shape index (κ2) is 7.68. The number of hydrogen-bond donors (Lipinski definition) is 1. The van der Waals surface area contributed by atoms with Crippen LogP contribution in [0.5, 0.6) is 0 Å². The summed E-state index contributed by atoms with van der Waals surface area (Å²) in [7, 11) is 5.50. The molecule has 1 aliphatic heterocycles. The van der Waals surface area contributed by atoms with E-state index in [1.165, 1.54) is 0 Å². The first-order chi connectivity index (χ1) is 10.5. The van der Waals surface area contributed by atoms with E-state index in [0.29, 0.717) is 17.9 Å². The van der Waals surface area contributed by atoms with E-state index < -0.39 is 11.9 Å². The van der Waals surface area contributed by atoms with E-state index >= 15 is 0 Å². The summed E-state index contributed by atoms with van der Waals surface area (Å²) in [4.78, 5) is 25.4. The lowest BCUT2D eigenvalue weighted by Crippen LogP contribution is -2.31. The summed E-state index contributed by atoms with van der Waals surface area (Å²) in [5.41, 5.74) is 0.881. The van der Waals surface area contributed by atoms with Crippen LogP contribution in [0.3, 0.4) is 0 Å². The predicted octanol–water partition coefficient (Wildman–Crippen LogP) is 2.41. The van der Waals surface area contributed by atoms with Crippen LogP contribution in [-0.4, -0.2) is 42.8 Å². The Bertz CT molecular complexity index is 535. The number of carbonyl (C=O) groups is 2. The van der Waals surface area contributed by atoms with Gasteiger partial charge in [0.1, 0.15) is 0 Å². The molecule has 0 aromatic heterocycles. The summed E-state index contributed by atoms with van der Waals surface area (Å²) in [6.45, 7) is 0.792. The monoisotopic (exact) mass is 319 g/mol. The van der Waals surface area contributed by atoms with Crippen LogP contribution in [0.25, 0.3) is 0 Å². The molecule has 2 radical (unpaired) electrons. The standard InChI is InChI=1S/C16H19BClNO3/c17-7-1-2-12-9-19(10-14(12)16(21)22)15(20)8-11-3-5-13(18)6-4-11/h3-6,12,14H,1-2,7-10H2,(H,21,22)/t12-,14+/m0/s1. The molecule has 4 nitrogen and oxygen atoms in total. The Kier molecular flexibility index (Phi) is 5.89. The Hall–Kier alpha value is -1.49. The van der Waals surface area contributed by atoms with Gasteiger partial charge in [-0.2, -0.15) is 0 Å². The zero-order valence-electron chi connectivity index (χ0n) is 12.4. The zero-order valence-corrected chi connectivity index (χ0v) is 13.1. The maximum atomic E-state index is 12.4. The van der Waals surface area contributed by atoms with Crippen molar-refractivity contribution in [2.24, 2.45) is 11.8 Å². The molecule has 1 N–H and O–H groups in total. The van der Waals surface area contributed by atoms with E-state index in [1.54, 1.807) is 17.0 Å². The number of carboxylic acids is 1. The first-order valence-electron chi connectivity index (χ1n) is 7.46. The summed E-state index contributed by atoms with van der Waals surface area (Å²) >= 11 is 5.83. The predicted molar refractivity (Wildman–Crippen MR) is 86.1 cm³/mol. The molecule has 1 amide bonds. The van der Waals surface area contributed by atoms with Gasteiger partial charge in [-0.3, -0.25) is 9.59 Å². The van der Waals surface area contributed by atoms with E-state index in [0.717, 1.165) is 18.4 Å². The molecule has 0 unspecified atom stereocenters. The van der Waals surface area contributed by atoms with Crippen molar-refractivity contribution in [1.29, 1.82) is 0 Å². The van der Waals surface area contributed by atoms with E-state index in [-0.39, 0.29) is 24.8 Å². The third kappa shape index (κ3) is 4.26. The minimum atomic E-state index is -0.830. The molecule has 1 fully saturated rings. The van der Waals surface area contributed by atoms with Crippen LogP contribution < -0.4 is 0 Å². The molecular formula is C16H19BClNO3. The highest BCUT2D eigenvalue weighted by Crippen LogP contribution is 2.28. The van der Waals surface area contributed by atoms with Gasteiger partial charge in [0, 0.05) is 18.1 Å². The number of amides is 1. The summed E-state index contributed by atoms with van der Waals surface area (Å²) < 4.78 is 0. The van der Waals surface area contributed by atoms with Crippen molar-refractivity contribution >= 4 is 31.3 Å². The van der Waals surface area contributed by atoms with Gasteiger partial charge in [-0.25, -0.2) is 0 Å². The Morgan fingerprint density at radius 3 is 2.55 bits per heavy atom. The average molecular weight is 320 g/mol. The summed E-state index contributed by atoms with van der Waals surface area (Å²) in [5.74, 6) is -1.36. The normalized spacial score (nSPS) is 21.0. The maximum absolute atomic E-state index is 12.4. The molecular weight excluding hydrogens is 300 g/mol. The molecule has 116 valence electrons. The molecule has 1 heterocycles. The lowest BCUT2D eigenvalue weighted by Gasteiger charge is -2.16. The van der Waals surface area contributed by atoms with Crippen LogP contribution in [0.2, 0.25) is 11.3 Å². The lowest BCUT2D eigenvalue weighted by atomic mass is 9.88. The molecule has 1 aliphatic rings. The highest BCUT2D eigenvalue weighted by atomic mass is 35.5. The Labute approximate surface area is 136 Å². The van der Waals surface area contributed by atoms with Crippen LogP contribution in [-0.2, 0) is 16.0 Å². The fraction of sp³-hybridized carbons (Fsp3) is 0.500. The zero-order chi connectivity index (χ0) is 16.1. The molecule has 1 saturated heterocycles. The number of halogens is 1. The molecule has 0 bridgehead atoms. The van der Waals surface area contributed by atoms with Crippen molar-refractivity contribution in [1.82, 2.24) is 4.90 Å². The SMILES string of the molecule is [B]CCC[C@H]1CN(C(=O)Cc2ccc(Cl)cc2)C[C@H]1C(=O)O. The molecule has 0 aliphatic carbocycles. The number of aliphatic carboxylic acids is 1. The maximum Gasteiger partial charge on any atom is 0.308 e. The first kappa shape index (κ1) is 16.9. The van der Waals surface area contributed by atoms with Crippen molar-refractivity contribution in [3.05, 3.63) is 34.9 Å². The first-order valence-corrected chi connectivity index (χ1v) is 7.84. The number of rotatable bonds is 6. The van der Waals surface area contributed by atoms with Crippen molar-refractivity contribution in [2.75, 3.05) is 13.1 Å². The third-order valence-corrected chi connectivity index (χ3v) is 4.41. The molecule has 1 aromatic carbocycles. The van der Waals surface area contributed by atoms with Gasteiger partial charge in [-0.15, -0.1) is 0 Å². The van der Waals surface area contributed by atoms with Gasteiger partial charge < -0.3 is 10.0 Å². The Morgan fingerprint density at radius 2 is 1.95 bits per heavy atom. The van der Waals surface area contributed by atoms with Gasteiger partial charge in [0.15, 0.2) is 0 Å². The second-order valence-electron chi connectivity index (χ2n) is 5.74. The number of carbonyl (C=O) groups excluding carboxylic acids is 1. The van der Waals surface area contributed by atoms with Gasteiger partial charge in [-0.05, 0) is 30.0 Å². The van der Waals surface area contributed by atoms with Crippen LogP contribution in [0.15, 0.2) is 24.3 Å². The number of nitrogens with zero attached hydrogens (tertiary/aromatic N) is 1. The number of likely N-dealkylation sites (tertiary alicyclic amines) is 1. The van der Waals surface area contributed by atoms with Gasteiger partial charge in [0.05, 0.1) is 20.2 Å². The van der Waals surface area contributed by atoms with Gasteiger partial charge in [0.25, 0.3) is 0 Å². The molecule has 0 saturated carbocycles. The van der Waals surface area contributed by atoms with Crippen LogP contribution >= 0.6 is 11.6 Å². The van der Waals surface area contributed by atoms with Gasteiger partial charge in [0.2, 0.25) is 5.91 Å². The van der Waals surface area contributed by atoms with E-state index in [2.05, 4.69) is 0 Å². The number of carboxylic acid groups (broad SMARTS) is 1. The van der Waals surface area contributed by atoms with Crippen molar-refractivity contribution < 1.29 is 14.7 Å². The summed E-state index contributed by atoms with van der Waals surface area (Å²) in [6, 6.07) is 7.13. The molecule has 2 rings (SSSR count). The smallest absolute Gasteiger partial charge is 0.308 e. The minimum absolute atomic E-state index is 0.00443. The quantitative estimate of drug-likeness (QED) is 0.819. The summed E-state index contributed by atoms with van der Waals surface area (Å²) in [6.07, 6.45) is 2.35.